The molecule has 0 fully saturated rings. The molecule has 0 atom stereocenters. The first-order valence-corrected chi connectivity index (χ1v) is 34.0. The van der Waals surface area contributed by atoms with Crippen LogP contribution in [0, 0.1) is 0 Å². The highest BCUT2D eigenvalue weighted by Gasteiger charge is 2.20. The van der Waals surface area contributed by atoms with Gasteiger partial charge < -0.3 is 13.3 Å². The highest BCUT2D eigenvalue weighted by Crippen LogP contribution is 2.43. The second-order valence-corrected chi connectivity index (χ2v) is 25.9. The zero-order valence-electron chi connectivity index (χ0n) is 53.5. The Morgan fingerprint density at radius 3 is 0.980 bits per heavy atom. The number of nitrogens with zero attached hydrogens (tertiary/aromatic N) is 6. The van der Waals surface area contributed by atoms with Crippen molar-refractivity contribution in [1.29, 1.82) is 0 Å². The van der Waals surface area contributed by atoms with Gasteiger partial charge >= 0.3 is 0 Å². The van der Waals surface area contributed by atoms with Crippen LogP contribution in [0.1, 0.15) is 0 Å². The number of benzene rings is 14. The molecule has 0 saturated carbocycles. The highest BCUT2D eigenvalue weighted by atomic mass is 32.1. The Morgan fingerprint density at radius 1 is 0.180 bits per heavy atom. The lowest BCUT2D eigenvalue weighted by molar-refractivity contribution is 0.668. The van der Waals surface area contributed by atoms with Crippen molar-refractivity contribution in [2.45, 2.75) is 0 Å². The van der Waals surface area contributed by atoms with E-state index in [-0.39, 0.29) is 0 Å². The highest BCUT2D eigenvalue weighted by molar-refractivity contribution is 7.26. The molecule has 9 nitrogen and oxygen atoms in total. The van der Waals surface area contributed by atoms with E-state index in [4.69, 9.17) is 43.2 Å². The third-order valence-electron chi connectivity index (χ3n) is 18.7. The van der Waals surface area contributed by atoms with Crippen LogP contribution in [0.15, 0.2) is 341 Å². The predicted octanol–water partition coefficient (Wildman–Crippen LogP) is 24.5. The van der Waals surface area contributed by atoms with Crippen LogP contribution in [0.25, 0.3) is 199 Å². The maximum absolute atomic E-state index is 6.44. The van der Waals surface area contributed by atoms with E-state index in [9.17, 15) is 0 Å². The summed E-state index contributed by atoms with van der Waals surface area (Å²) in [6.45, 7) is 0. The summed E-state index contributed by atoms with van der Waals surface area (Å²) < 4.78 is 21.5. The molecule has 0 saturated heterocycles. The van der Waals surface area contributed by atoms with Gasteiger partial charge in [0.2, 0.25) is 0 Å². The van der Waals surface area contributed by atoms with E-state index in [1.54, 1.807) is 0 Å². The smallest absolute Gasteiger partial charge is 0.164 e. The summed E-state index contributed by atoms with van der Waals surface area (Å²) in [5.41, 5.74) is 19.9. The fraction of sp³-hybridized carbons (Fsp3) is 0. The zero-order chi connectivity index (χ0) is 66.0. The maximum Gasteiger partial charge on any atom is 0.164 e. The normalized spacial score (nSPS) is 11.6. The van der Waals surface area contributed by atoms with Crippen molar-refractivity contribution >= 4 is 97.3 Å². The fourth-order valence-electron chi connectivity index (χ4n) is 13.7. The number of hydrogen-bond donors (Lipinski definition) is 0. The molecule has 0 amide bonds. The Morgan fingerprint density at radius 2 is 0.500 bits per heavy atom. The molecular formula is C90H54N6O3S. The van der Waals surface area contributed by atoms with Crippen LogP contribution in [0.4, 0.5) is 0 Å². The second kappa shape index (κ2) is 24.4. The third-order valence-corrected chi connectivity index (χ3v) is 19.9. The molecule has 0 radical (unpaired) electrons. The number of furan rings is 3. The summed E-state index contributed by atoms with van der Waals surface area (Å²) >= 11 is 1.86. The Balaban J connectivity index is 0.000000139. The molecule has 0 aliphatic carbocycles. The van der Waals surface area contributed by atoms with Gasteiger partial charge in [0, 0.05) is 85.9 Å². The van der Waals surface area contributed by atoms with Crippen LogP contribution in [-0.2, 0) is 0 Å². The molecule has 6 heterocycles. The SMILES string of the molecule is c1ccc(-c2nc(-c3ccccc3)nc(-c3ccc4c(c3)oc3ccc(-c5ccc(-c6ccc7oc8ccccc8c7c6)cc5)cc34)n2)cc1.c1ccc(-c2nc(-c3ccccc3)nc(-c3ccc4c(c3)oc3ccc(-c5cccc(-c6cccc7c6sc6ccccc67)c5)cc34)n2)cc1. The van der Waals surface area contributed by atoms with E-state index >= 15 is 0 Å². The van der Waals surface area contributed by atoms with Crippen LogP contribution in [0.2, 0.25) is 0 Å². The number of rotatable bonds is 10. The van der Waals surface area contributed by atoms with Gasteiger partial charge in [-0.25, -0.2) is 29.9 Å². The number of aromatic nitrogens is 6. The molecule has 20 aromatic rings. The average Bonchev–Trinajstić information content (AvgIpc) is 1.58. The van der Waals surface area contributed by atoms with Gasteiger partial charge in [0.1, 0.15) is 33.5 Å². The largest absolute Gasteiger partial charge is 0.456 e. The Kier molecular flexibility index (Phi) is 14.2. The predicted molar refractivity (Wildman–Crippen MR) is 409 cm³/mol. The number of hydrogen-bond acceptors (Lipinski definition) is 10. The molecule has 100 heavy (non-hydrogen) atoms. The first-order valence-electron chi connectivity index (χ1n) is 33.2. The van der Waals surface area contributed by atoms with E-state index in [0.29, 0.717) is 34.9 Å². The number of fused-ring (bicyclic) bond motifs is 12. The second-order valence-electron chi connectivity index (χ2n) is 24.9. The summed E-state index contributed by atoms with van der Waals surface area (Å²) in [6, 6.07) is 113. The third kappa shape index (κ3) is 10.7. The lowest BCUT2D eigenvalue weighted by atomic mass is 9.97. The number of thiophene rings is 1. The molecule has 10 heteroatoms. The van der Waals surface area contributed by atoms with Crippen LogP contribution in [0.3, 0.4) is 0 Å². The lowest BCUT2D eigenvalue weighted by Crippen LogP contribution is -2.00. The van der Waals surface area contributed by atoms with Gasteiger partial charge in [0.15, 0.2) is 34.9 Å². The van der Waals surface area contributed by atoms with Gasteiger partial charge in [-0.3, -0.25) is 0 Å². The Hall–Kier alpha value is -13.3. The lowest BCUT2D eigenvalue weighted by Gasteiger charge is -2.08. The van der Waals surface area contributed by atoms with Crippen molar-refractivity contribution in [3.05, 3.63) is 328 Å². The fourth-order valence-corrected chi connectivity index (χ4v) is 14.9. The van der Waals surface area contributed by atoms with E-state index in [0.717, 1.165) is 127 Å². The molecule has 0 unspecified atom stereocenters. The van der Waals surface area contributed by atoms with Crippen molar-refractivity contribution in [2.75, 3.05) is 0 Å². The van der Waals surface area contributed by atoms with Gasteiger partial charge in [0.25, 0.3) is 0 Å². The minimum atomic E-state index is 0.598. The molecule has 0 aliphatic rings. The minimum Gasteiger partial charge on any atom is -0.456 e. The van der Waals surface area contributed by atoms with Crippen LogP contribution in [-0.4, -0.2) is 29.9 Å². The molecule has 0 N–H and O–H groups in total. The first kappa shape index (κ1) is 58.1. The summed E-state index contributed by atoms with van der Waals surface area (Å²) in [5, 5.41) is 9.13. The van der Waals surface area contributed by atoms with Crippen molar-refractivity contribution in [3.63, 3.8) is 0 Å². The maximum atomic E-state index is 6.44. The van der Waals surface area contributed by atoms with Gasteiger partial charge in [0.05, 0.1) is 0 Å². The van der Waals surface area contributed by atoms with Gasteiger partial charge in [-0.1, -0.05) is 249 Å². The molecule has 14 aromatic carbocycles. The first-order chi connectivity index (χ1) is 49.5. The molecule has 0 aliphatic heterocycles. The number of para-hydroxylation sites is 1. The van der Waals surface area contributed by atoms with Gasteiger partial charge in [-0.15, -0.1) is 11.3 Å². The molecule has 0 bridgehead atoms. The van der Waals surface area contributed by atoms with Crippen molar-refractivity contribution < 1.29 is 13.3 Å². The van der Waals surface area contributed by atoms with E-state index < -0.39 is 0 Å². The summed E-state index contributed by atoms with van der Waals surface area (Å²) in [6.07, 6.45) is 0. The summed E-state index contributed by atoms with van der Waals surface area (Å²) in [4.78, 5) is 29.3. The van der Waals surface area contributed by atoms with E-state index in [1.165, 1.54) is 36.9 Å². The van der Waals surface area contributed by atoms with Crippen molar-refractivity contribution in [3.8, 4) is 113 Å². The van der Waals surface area contributed by atoms with Gasteiger partial charge in [-0.2, -0.15) is 0 Å². The zero-order valence-corrected chi connectivity index (χ0v) is 54.3. The van der Waals surface area contributed by atoms with E-state index in [2.05, 4.69) is 182 Å². The molecule has 6 aromatic heterocycles. The van der Waals surface area contributed by atoms with Crippen LogP contribution < -0.4 is 0 Å². The summed E-state index contributed by atoms with van der Waals surface area (Å²) in [7, 11) is 0. The topological polar surface area (TPSA) is 117 Å². The van der Waals surface area contributed by atoms with Crippen LogP contribution in [0.5, 0.6) is 0 Å². The van der Waals surface area contributed by atoms with Crippen LogP contribution >= 0.6 is 11.3 Å². The van der Waals surface area contributed by atoms with Crippen molar-refractivity contribution in [1.82, 2.24) is 29.9 Å². The molecule has 20 rings (SSSR count). The van der Waals surface area contributed by atoms with Crippen molar-refractivity contribution in [2.24, 2.45) is 0 Å². The molecular weight excluding hydrogens is 1250 g/mol. The quantitative estimate of drug-likeness (QED) is 0.132. The Bertz CT molecular complexity index is 6410. The molecule has 468 valence electrons. The monoisotopic (exact) mass is 1300 g/mol. The minimum absolute atomic E-state index is 0.598. The van der Waals surface area contributed by atoms with E-state index in [1.807, 2.05) is 157 Å². The average molecular weight is 1300 g/mol. The summed E-state index contributed by atoms with van der Waals surface area (Å²) in [5.74, 6) is 3.73. The standard InChI is InChI=1S/C45H27N3O2.C45H27N3OS/c1-3-9-30(10-4-1)43-46-44(31-11-5-2-6-12-31)48-45(47-43)34-19-22-36-38-26-33(21-24-41(38)50-42(36)27-34)29-17-15-28(16-18-29)32-20-23-40-37(25-32)35-13-7-8-14-39(35)49-40;1-3-11-28(12-4-1)43-46-44(29-13-5-2-6-14-29)48-45(47-43)33-21-23-35-38-26-31(22-24-39(38)49-40(35)27-33)30-15-9-16-32(25-30)34-18-10-19-37-36-17-7-8-20-41(36)50-42(34)37/h2*1-27H. The van der Waals surface area contributed by atoms with Gasteiger partial charge in [-0.05, 0) is 123 Å². The molecule has 0 spiro atoms. The Labute approximate surface area is 577 Å².